The van der Waals surface area contributed by atoms with E-state index in [-0.39, 0.29) is 6.04 Å². The first kappa shape index (κ1) is 18.0. The molecule has 136 valence electrons. The quantitative estimate of drug-likeness (QED) is 0.844. The summed E-state index contributed by atoms with van der Waals surface area (Å²) in [6, 6.07) is 6.91. The predicted octanol–water partition coefficient (Wildman–Crippen LogP) is 2.06. The first-order valence-electron chi connectivity index (χ1n) is 8.61. The number of nitrogens with one attached hydrogen (secondary N) is 1. The molecule has 0 saturated carbocycles. The van der Waals surface area contributed by atoms with Gasteiger partial charge < -0.3 is 9.84 Å². The summed E-state index contributed by atoms with van der Waals surface area (Å²) in [6.07, 6.45) is 3.61. The van der Waals surface area contributed by atoms with Gasteiger partial charge in [-0.05, 0) is 51.1 Å². The van der Waals surface area contributed by atoms with Crippen LogP contribution in [0.4, 0.5) is 0 Å². The Morgan fingerprint density at radius 2 is 1.88 bits per heavy atom. The molecule has 1 aromatic heterocycles. The van der Waals surface area contributed by atoms with E-state index in [0.717, 1.165) is 19.3 Å². The lowest BCUT2D eigenvalue weighted by atomic mass is 10.2. The van der Waals surface area contributed by atoms with Crippen molar-refractivity contribution >= 4 is 10.0 Å². The van der Waals surface area contributed by atoms with Gasteiger partial charge in [-0.2, -0.15) is 9.29 Å². The SMILES string of the molecule is CNC(C)Cc1noc(-c2ccc(S(=O)(=O)N3CCCCC3)cc2)n1. The summed E-state index contributed by atoms with van der Waals surface area (Å²) in [4.78, 5) is 4.68. The normalized spacial score (nSPS) is 17.5. The molecule has 3 rings (SSSR count). The Labute approximate surface area is 148 Å². The molecule has 1 aromatic carbocycles. The van der Waals surface area contributed by atoms with E-state index in [4.69, 9.17) is 4.52 Å². The number of benzene rings is 1. The van der Waals surface area contributed by atoms with Gasteiger partial charge in [-0.3, -0.25) is 0 Å². The molecule has 1 N–H and O–H groups in total. The van der Waals surface area contributed by atoms with Crippen molar-refractivity contribution in [2.24, 2.45) is 0 Å². The monoisotopic (exact) mass is 364 g/mol. The molecule has 2 aromatic rings. The maximum atomic E-state index is 12.7. The van der Waals surface area contributed by atoms with Crippen LogP contribution in [-0.4, -0.2) is 49.0 Å². The van der Waals surface area contributed by atoms with Crippen LogP contribution in [0.15, 0.2) is 33.7 Å². The zero-order valence-corrected chi connectivity index (χ0v) is 15.4. The molecule has 25 heavy (non-hydrogen) atoms. The Hall–Kier alpha value is -1.77. The number of rotatable bonds is 6. The Bertz CT molecular complexity index is 796. The molecule has 1 saturated heterocycles. The fraction of sp³-hybridized carbons (Fsp3) is 0.529. The van der Waals surface area contributed by atoms with E-state index >= 15 is 0 Å². The van der Waals surface area contributed by atoms with Gasteiger partial charge >= 0.3 is 0 Å². The van der Waals surface area contributed by atoms with Crippen molar-refractivity contribution in [3.05, 3.63) is 30.1 Å². The summed E-state index contributed by atoms with van der Waals surface area (Å²) < 4.78 is 32.2. The molecule has 0 radical (unpaired) electrons. The average Bonchev–Trinajstić information content (AvgIpc) is 3.11. The van der Waals surface area contributed by atoms with Gasteiger partial charge in [0, 0.05) is 31.1 Å². The highest BCUT2D eigenvalue weighted by Crippen LogP contribution is 2.24. The molecule has 0 amide bonds. The van der Waals surface area contributed by atoms with Crippen LogP contribution >= 0.6 is 0 Å². The molecule has 0 spiro atoms. The molecule has 2 heterocycles. The van der Waals surface area contributed by atoms with Crippen molar-refractivity contribution < 1.29 is 12.9 Å². The Kier molecular flexibility index (Phi) is 5.51. The molecule has 1 unspecified atom stereocenters. The highest BCUT2D eigenvalue weighted by atomic mass is 32.2. The second kappa shape index (κ2) is 7.63. The number of sulfonamides is 1. The van der Waals surface area contributed by atoms with E-state index in [1.54, 1.807) is 28.6 Å². The lowest BCUT2D eigenvalue weighted by Crippen LogP contribution is -2.35. The standard InChI is InChI=1S/C17H24N4O3S/c1-13(18-2)12-16-19-17(24-20-16)14-6-8-15(9-7-14)25(22,23)21-10-4-3-5-11-21/h6-9,13,18H,3-5,10-12H2,1-2H3. The highest BCUT2D eigenvalue weighted by molar-refractivity contribution is 7.89. The maximum absolute atomic E-state index is 12.7. The van der Waals surface area contributed by atoms with Gasteiger partial charge in [-0.25, -0.2) is 8.42 Å². The third-order valence-corrected chi connectivity index (χ3v) is 6.42. The third kappa shape index (κ3) is 4.08. The molecule has 1 aliphatic heterocycles. The van der Waals surface area contributed by atoms with Crippen molar-refractivity contribution in [2.75, 3.05) is 20.1 Å². The van der Waals surface area contributed by atoms with E-state index in [0.29, 0.717) is 41.7 Å². The van der Waals surface area contributed by atoms with E-state index in [2.05, 4.69) is 15.5 Å². The zero-order chi connectivity index (χ0) is 17.9. The topological polar surface area (TPSA) is 88.3 Å². The molecule has 7 nitrogen and oxygen atoms in total. The van der Waals surface area contributed by atoms with E-state index in [1.165, 1.54) is 0 Å². The van der Waals surface area contributed by atoms with E-state index in [9.17, 15) is 8.42 Å². The van der Waals surface area contributed by atoms with Crippen LogP contribution in [0.2, 0.25) is 0 Å². The number of hydrogen-bond donors (Lipinski definition) is 1. The number of hydrogen-bond acceptors (Lipinski definition) is 6. The van der Waals surface area contributed by atoms with Crippen LogP contribution in [0.25, 0.3) is 11.5 Å². The molecule has 1 fully saturated rings. The summed E-state index contributed by atoms with van der Waals surface area (Å²) >= 11 is 0. The van der Waals surface area contributed by atoms with Gasteiger partial charge in [0.05, 0.1) is 4.90 Å². The maximum Gasteiger partial charge on any atom is 0.257 e. The molecule has 8 heteroatoms. The van der Waals surface area contributed by atoms with Crippen LogP contribution in [0, 0.1) is 0 Å². The summed E-state index contributed by atoms with van der Waals surface area (Å²) in [5, 5.41) is 7.10. The molecule has 0 bridgehead atoms. The van der Waals surface area contributed by atoms with Gasteiger partial charge in [-0.1, -0.05) is 11.6 Å². The number of aromatic nitrogens is 2. The van der Waals surface area contributed by atoms with Crippen LogP contribution in [0.5, 0.6) is 0 Å². The smallest absolute Gasteiger partial charge is 0.257 e. The number of nitrogens with zero attached hydrogens (tertiary/aromatic N) is 3. The van der Waals surface area contributed by atoms with Crippen molar-refractivity contribution in [2.45, 2.75) is 43.5 Å². The molecule has 1 aliphatic rings. The largest absolute Gasteiger partial charge is 0.334 e. The fourth-order valence-corrected chi connectivity index (χ4v) is 4.37. The van der Waals surface area contributed by atoms with Crippen molar-refractivity contribution in [3.63, 3.8) is 0 Å². The zero-order valence-electron chi connectivity index (χ0n) is 14.6. The first-order valence-corrected chi connectivity index (χ1v) is 10.0. The van der Waals surface area contributed by atoms with Gasteiger partial charge in [-0.15, -0.1) is 0 Å². The van der Waals surface area contributed by atoms with Gasteiger partial charge in [0.2, 0.25) is 10.0 Å². The molecule has 1 atom stereocenters. The van der Waals surface area contributed by atoms with E-state index in [1.807, 2.05) is 14.0 Å². The van der Waals surface area contributed by atoms with Crippen LogP contribution in [-0.2, 0) is 16.4 Å². The fourth-order valence-electron chi connectivity index (χ4n) is 2.85. The highest BCUT2D eigenvalue weighted by Gasteiger charge is 2.26. The van der Waals surface area contributed by atoms with Gasteiger partial charge in [0.1, 0.15) is 0 Å². The summed E-state index contributed by atoms with van der Waals surface area (Å²) in [6.45, 7) is 3.23. The van der Waals surface area contributed by atoms with Crippen molar-refractivity contribution in [3.8, 4) is 11.5 Å². The van der Waals surface area contributed by atoms with Crippen molar-refractivity contribution in [1.29, 1.82) is 0 Å². The third-order valence-electron chi connectivity index (χ3n) is 4.50. The minimum absolute atomic E-state index is 0.252. The molecule has 0 aliphatic carbocycles. The Morgan fingerprint density at radius 3 is 2.52 bits per heavy atom. The molecular formula is C17H24N4O3S. The van der Waals surface area contributed by atoms with Crippen LogP contribution in [0.3, 0.4) is 0 Å². The van der Waals surface area contributed by atoms with Crippen molar-refractivity contribution in [1.82, 2.24) is 19.8 Å². The molecular weight excluding hydrogens is 340 g/mol. The first-order chi connectivity index (χ1) is 12.0. The minimum Gasteiger partial charge on any atom is -0.334 e. The predicted molar refractivity (Wildman–Crippen MR) is 94.6 cm³/mol. The average molecular weight is 364 g/mol. The Morgan fingerprint density at radius 1 is 1.20 bits per heavy atom. The van der Waals surface area contributed by atoms with E-state index < -0.39 is 10.0 Å². The summed E-state index contributed by atoms with van der Waals surface area (Å²) in [7, 11) is -1.53. The second-order valence-corrected chi connectivity index (χ2v) is 8.34. The second-order valence-electron chi connectivity index (χ2n) is 6.40. The van der Waals surface area contributed by atoms with Gasteiger partial charge in [0.25, 0.3) is 5.89 Å². The summed E-state index contributed by atoms with van der Waals surface area (Å²) in [5.41, 5.74) is 0.716. The lowest BCUT2D eigenvalue weighted by Gasteiger charge is -2.25. The van der Waals surface area contributed by atoms with Crippen LogP contribution < -0.4 is 5.32 Å². The Balaban J connectivity index is 1.76. The number of likely N-dealkylation sites (N-methyl/N-ethyl adjacent to an activating group) is 1. The summed E-state index contributed by atoms with van der Waals surface area (Å²) in [5.74, 6) is 1.03. The van der Waals surface area contributed by atoms with Crippen LogP contribution in [0.1, 0.15) is 32.0 Å². The number of piperidine rings is 1. The van der Waals surface area contributed by atoms with Gasteiger partial charge in [0.15, 0.2) is 5.82 Å². The lowest BCUT2D eigenvalue weighted by molar-refractivity contribution is 0.346. The minimum atomic E-state index is -3.42.